The molecule has 0 heterocycles. The third-order valence-electron chi connectivity index (χ3n) is 2.93. The molecule has 1 amide bonds. The maximum atomic E-state index is 12.0. The molecular formula is C15H19NO5. The van der Waals surface area contributed by atoms with E-state index in [-0.39, 0.29) is 5.56 Å². The summed E-state index contributed by atoms with van der Waals surface area (Å²) in [4.78, 5) is 34.9. The van der Waals surface area contributed by atoms with Crippen LogP contribution in [-0.4, -0.2) is 35.1 Å². The van der Waals surface area contributed by atoms with Crippen LogP contribution in [0.15, 0.2) is 24.3 Å². The molecule has 0 bridgehead atoms. The van der Waals surface area contributed by atoms with Crippen molar-refractivity contribution in [3.8, 4) is 0 Å². The number of amides is 1. The van der Waals surface area contributed by atoms with Gasteiger partial charge in [0.15, 0.2) is 0 Å². The van der Waals surface area contributed by atoms with Crippen LogP contribution in [0, 0.1) is 6.92 Å². The van der Waals surface area contributed by atoms with Crippen molar-refractivity contribution in [2.24, 2.45) is 0 Å². The average molecular weight is 293 g/mol. The highest BCUT2D eigenvalue weighted by atomic mass is 16.5. The fourth-order valence-corrected chi connectivity index (χ4v) is 1.57. The van der Waals surface area contributed by atoms with E-state index in [0.717, 1.165) is 5.56 Å². The van der Waals surface area contributed by atoms with Crippen LogP contribution in [0.1, 0.15) is 36.2 Å². The number of aryl methyl sites for hydroxylation is 1. The zero-order chi connectivity index (χ0) is 16.0. The highest BCUT2D eigenvalue weighted by Gasteiger charge is 2.31. The number of ether oxygens (including phenoxy) is 1. The number of esters is 1. The lowest BCUT2D eigenvalue weighted by molar-refractivity contribution is -0.158. The molecule has 0 fully saturated rings. The zero-order valence-corrected chi connectivity index (χ0v) is 12.3. The minimum atomic E-state index is -1.72. The summed E-state index contributed by atoms with van der Waals surface area (Å²) in [5.41, 5.74) is 1.15. The second-order valence-electron chi connectivity index (χ2n) is 4.77. The number of hydrogen-bond acceptors (Lipinski definition) is 4. The van der Waals surface area contributed by atoms with E-state index in [9.17, 15) is 14.4 Å². The van der Waals surface area contributed by atoms with Gasteiger partial charge in [0, 0.05) is 5.56 Å². The summed E-state index contributed by atoms with van der Waals surface area (Å²) >= 11 is 0. The van der Waals surface area contributed by atoms with Gasteiger partial charge in [0.05, 0.1) is 6.10 Å². The summed E-state index contributed by atoms with van der Waals surface area (Å²) in [6.07, 6.45) is 0.152. The topological polar surface area (TPSA) is 92.7 Å². The maximum Gasteiger partial charge on any atom is 0.340 e. The Balaban J connectivity index is 2.81. The molecule has 6 heteroatoms. The summed E-state index contributed by atoms with van der Waals surface area (Å²) in [6.45, 7) is 5.26. The molecule has 21 heavy (non-hydrogen) atoms. The smallest absolute Gasteiger partial charge is 0.340 e. The Hall–Kier alpha value is -2.37. The Labute approximate surface area is 123 Å². The van der Waals surface area contributed by atoms with Gasteiger partial charge in [-0.3, -0.25) is 4.79 Å². The van der Waals surface area contributed by atoms with E-state index in [1.165, 1.54) is 0 Å². The lowest BCUT2D eigenvalue weighted by Gasteiger charge is -2.17. The third kappa shape index (κ3) is 4.91. The van der Waals surface area contributed by atoms with E-state index in [2.05, 4.69) is 5.32 Å². The SMILES string of the molecule is CCC(C)OC(=O)C(NC(=O)c1cccc(C)c1)C(=O)O. The van der Waals surface area contributed by atoms with Crippen LogP contribution in [0.5, 0.6) is 0 Å². The number of carbonyl (C=O) groups excluding carboxylic acids is 2. The van der Waals surface area contributed by atoms with Crippen molar-refractivity contribution in [1.82, 2.24) is 5.32 Å². The van der Waals surface area contributed by atoms with Gasteiger partial charge in [0.25, 0.3) is 5.91 Å². The lowest BCUT2D eigenvalue weighted by atomic mass is 10.1. The van der Waals surface area contributed by atoms with Gasteiger partial charge in [-0.25, -0.2) is 9.59 Å². The Morgan fingerprint density at radius 3 is 2.52 bits per heavy atom. The molecule has 6 nitrogen and oxygen atoms in total. The molecule has 0 aliphatic rings. The minimum Gasteiger partial charge on any atom is -0.479 e. The van der Waals surface area contributed by atoms with E-state index < -0.39 is 30.0 Å². The van der Waals surface area contributed by atoms with E-state index in [1.807, 2.05) is 13.0 Å². The number of carboxylic acids is 1. The van der Waals surface area contributed by atoms with Crippen molar-refractivity contribution in [2.45, 2.75) is 39.3 Å². The van der Waals surface area contributed by atoms with Crippen molar-refractivity contribution in [2.75, 3.05) is 0 Å². The number of carboxylic acid groups (broad SMARTS) is 1. The monoisotopic (exact) mass is 293 g/mol. The second-order valence-corrected chi connectivity index (χ2v) is 4.77. The van der Waals surface area contributed by atoms with E-state index in [4.69, 9.17) is 9.84 Å². The van der Waals surface area contributed by atoms with Crippen LogP contribution in [0.25, 0.3) is 0 Å². The van der Waals surface area contributed by atoms with Crippen molar-refractivity contribution in [3.05, 3.63) is 35.4 Å². The Kier molecular flexibility index (Phi) is 5.90. The molecule has 0 aromatic heterocycles. The molecule has 2 N–H and O–H groups in total. The predicted octanol–water partition coefficient (Wildman–Crippen LogP) is 1.52. The van der Waals surface area contributed by atoms with Crippen molar-refractivity contribution in [1.29, 1.82) is 0 Å². The highest BCUT2D eigenvalue weighted by molar-refractivity contribution is 6.05. The van der Waals surface area contributed by atoms with Gasteiger partial charge in [-0.1, -0.05) is 24.6 Å². The highest BCUT2D eigenvalue weighted by Crippen LogP contribution is 2.05. The molecule has 0 aliphatic heterocycles. The number of nitrogens with one attached hydrogen (secondary N) is 1. The first-order valence-electron chi connectivity index (χ1n) is 6.66. The summed E-state index contributed by atoms with van der Waals surface area (Å²) in [5, 5.41) is 11.2. The van der Waals surface area contributed by atoms with Gasteiger partial charge in [-0.2, -0.15) is 0 Å². The summed E-state index contributed by atoms with van der Waals surface area (Å²) in [5.74, 6) is -3.06. The van der Waals surface area contributed by atoms with Crippen LogP contribution in [-0.2, 0) is 14.3 Å². The van der Waals surface area contributed by atoms with Gasteiger partial charge in [0.2, 0.25) is 6.04 Å². The van der Waals surface area contributed by atoms with Crippen molar-refractivity contribution < 1.29 is 24.2 Å². The van der Waals surface area contributed by atoms with Crippen LogP contribution < -0.4 is 5.32 Å². The first-order valence-corrected chi connectivity index (χ1v) is 6.66. The number of carbonyl (C=O) groups is 3. The average Bonchev–Trinajstić information content (AvgIpc) is 2.43. The molecule has 0 spiro atoms. The Bertz CT molecular complexity index is 541. The number of benzene rings is 1. The first kappa shape index (κ1) is 16.7. The van der Waals surface area contributed by atoms with Gasteiger partial charge in [-0.15, -0.1) is 0 Å². The molecular weight excluding hydrogens is 274 g/mol. The van der Waals surface area contributed by atoms with Crippen molar-refractivity contribution in [3.63, 3.8) is 0 Å². The van der Waals surface area contributed by atoms with E-state index >= 15 is 0 Å². The van der Waals surface area contributed by atoms with Gasteiger partial charge >= 0.3 is 11.9 Å². The van der Waals surface area contributed by atoms with Crippen molar-refractivity contribution >= 4 is 17.8 Å². The molecule has 1 aromatic carbocycles. The molecule has 1 rings (SSSR count). The normalized spacial score (nSPS) is 13.1. The molecule has 0 aliphatic carbocycles. The summed E-state index contributed by atoms with van der Waals surface area (Å²) in [7, 11) is 0. The van der Waals surface area contributed by atoms with E-state index in [0.29, 0.717) is 6.42 Å². The number of hydrogen-bond donors (Lipinski definition) is 2. The van der Waals surface area contributed by atoms with Crippen LogP contribution in [0.3, 0.4) is 0 Å². The molecule has 114 valence electrons. The standard InChI is InChI=1S/C15H19NO5/c1-4-10(3)21-15(20)12(14(18)19)16-13(17)11-7-5-6-9(2)8-11/h5-8,10,12H,4H2,1-3H3,(H,16,17)(H,18,19). The predicted molar refractivity (Wildman–Crippen MR) is 75.9 cm³/mol. The second kappa shape index (κ2) is 7.42. The Morgan fingerprint density at radius 1 is 1.33 bits per heavy atom. The van der Waals surface area contributed by atoms with E-state index in [1.54, 1.807) is 32.0 Å². The Morgan fingerprint density at radius 2 is 2.00 bits per heavy atom. The molecule has 0 radical (unpaired) electrons. The maximum absolute atomic E-state index is 12.0. The quantitative estimate of drug-likeness (QED) is 0.613. The molecule has 2 unspecified atom stereocenters. The van der Waals surface area contributed by atoms with Crippen LogP contribution in [0.4, 0.5) is 0 Å². The molecule has 0 saturated heterocycles. The molecule has 1 aromatic rings. The molecule has 0 saturated carbocycles. The van der Waals surface area contributed by atoms with Gasteiger partial charge in [0.1, 0.15) is 0 Å². The zero-order valence-electron chi connectivity index (χ0n) is 12.3. The van der Waals surface area contributed by atoms with Gasteiger partial charge in [-0.05, 0) is 32.4 Å². The first-order chi connectivity index (χ1) is 9.85. The third-order valence-corrected chi connectivity index (χ3v) is 2.93. The van der Waals surface area contributed by atoms with Crippen LogP contribution >= 0.6 is 0 Å². The minimum absolute atomic E-state index is 0.289. The fraction of sp³-hybridized carbons (Fsp3) is 0.400. The summed E-state index contributed by atoms with van der Waals surface area (Å²) < 4.78 is 4.95. The molecule has 2 atom stereocenters. The fourth-order valence-electron chi connectivity index (χ4n) is 1.57. The van der Waals surface area contributed by atoms with Crippen LogP contribution in [0.2, 0.25) is 0 Å². The largest absolute Gasteiger partial charge is 0.479 e. The number of aliphatic carboxylic acids is 1. The summed E-state index contributed by atoms with van der Waals surface area (Å²) in [6, 6.07) is 4.92. The lowest BCUT2D eigenvalue weighted by Crippen LogP contribution is -2.48. The van der Waals surface area contributed by atoms with Gasteiger partial charge < -0.3 is 15.2 Å². The number of rotatable bonds is 6.